The van der Waals surface area contributed by atoms with E-state index in [1.807, 2.05) is 0 Å². The standard InChI is InChI=1S/C19H30N2/c1-18(2)17(19(18,3)4)20-16-11-8-12-21(14-16)13-15-9-6-5-7-10-15/h5-7,9-10,16-17,20H,8,11-14H2,1-4H3. The number of piperidine rings is 1. The van der Waals surface area contributed by atoms with Gasteiger partial charge in [-0.2, -0.15) is 0 Å². The Bertz CT molecular complexity index is 464. The summed E-state index contributed by atoms with van der Waals surface area (Å²) in [5, 5.41) is 3.95. The van der Waals surface area contributed by atoms with Crippen LogP contribution in [0.25, 0.3) is 0 Å². The van der Waals surface area contributed by atoms with Crippen LogP contribution in [0, 0.1) is 10.8 Å². The second-order valence-corrected chi connectivity index (χ2v) is 8.10. The van der Waals surface area contributed by atoms with E-state index in [1.165, 1.54) is 31.5 Å². The molecule has 1 aromatic carbocycles. The summed E-state index contributed by atoms with van der Waals surface area (Å²) in [6.45, 7) is 13.1. The van der Waals surface area contributed by atoms with Crippen molar-refractivity contribution in [3.8, 4) is 0 Å². The third-order valence-corrected chi connectivity index (χ3v) is 6.18. The molecule has 2 nitrogen and oxygen atoms in total. The molecule has 0 radical (unpaired) electrons. The molecule has 21 heavy (non-hydrogen) atoms. The highest BCUT2D eigenvalue weighted by molar-refractivity contribution is 5.19. The molecule has 0 bridgehead atoms. The van der Waals surface area contributed by atoms with Crippen molar-refractivity contribution in [1.82, 2.24) is 10.2 Å². The molecule has 2 heteroatoms. The second-order valence-electron chi connectivity index (χ2n) is 8.10. The maximum absolute atomic E-state index is 3.95. The lowest BCUT2D eigenvalue weighted by Gasteiger charge is -2.34. The van der Waals surface area contributed by atoms with E-state index in [2.05, 4.69) is 68.2 Å². The van der Waals surface area contributed by atoms with E-state index in [9.17, 15) is 0 Å². The smallest absolute Gasteiger partial charge is 0.0234 e. The largest absolute Gasteiger partial charge is 0.309 e. The Balaban J connectivity index is 1.55. The van der Waals surface area contributed by atoms with Crippen LogP contribution in [0.1, 0.15) is 46.1 Å². The zero-order valence-corrected chi connectivity index (χ0v) is 14.0. The number of benzene rings is 1. The van der Waals surface area contributed by atoms with Gasteiger partial charge in [0.05, 0.1) is 0 Å². The van der Waals surface area contributed by atoms with Crippen molar-refractivity contribution < 1.29 is 0 Å². The third-order valence-electron chi connectivity index (χ3n) is 6.18. The van der Waals surface area contributed by atoms with E-state index in [4.69, 9.17) is 0 Å². The first-order chi connectivity index (χ1) is 9.91. The number of likely N-dealkylation sites (tertiary alicyclic amines) is 1. The van der Waals surface area contributed by atoms with Gasteiger partial charge in [0.15, 0.2) is 0 Å². The van der Waals surface area contributed by atoms with Gasteiger partial charge in [0, 0.05) is 25.2 Å². The van der Waals surface area contributed by atoms with Crippen molar-refractivity contribution in [2.24, 2.45) is 10.8 Å². The molecule has 1 heterocycles. The molecule has 1 saturated heterocycles. The normalized spacial score (nSPS) is 28.5. The molecule has 0 aromatic heterocycles. The van der Waals surface area contributed by atoms with Crippen LogP contribution in [-0.2, 0) is 6.54 Å². The fraction of sp³-hybridized carbons (Fsp3) is 0.684. The van der Waals surface area contributed by atoms with Crippen LogP contribution in [-0.4, -0.2) is 30.1 Å². The quantitative estimate of drug-likeness (QED) is 0.908. The monoisotopic (exact) mass is 286 g/mol. The van der Waals surface area contributed by atoms with E-state index in [-0.39, 0.29) is 0 Å². The highest BCUT2D eigenvalue weighted by Gasteiger charge is 2.64. The van der Waals surface area contributed by atoms with E-state index in [0.29, 0.717) is 22.9 Å². The van der Waals surface area contributed by atoms with Gasteiger partial charge in [0.2, 0.25) is 0 Å². The summed E-state index contributed by atoms with van der Waals surface area (Å²) in [6.07, 6.45) is 2.64. The minimum Gasteiger partial charge on any atom is -0.309 e. The molecule has 1 aliphatic carbocycles. The predicted molar refractivity (Wildman–Crippen MR) is 89.2 cm³/mol. The first-order valence-electron chi connectivity index (χ1n) is 8.43. The molecule has 3 rings (SSSR count). The molecule has 0 spiro atoms. The minimum atomic E-state index is 0.439. The fourth-order valence-electron chi connectivity index (χ4n) is 4.03. The maximum Gasteiger partial charge on any atom is 0.0234 e. The number of hydrogen-bond acceptors (Lipinski definition) is 2. The Morgan fingerprint density at radius 2 is 1.76 bits per heavy atom. The molecule has 1 N–H and O–H groups in total. The van der Waals surface area contributed by atoms with Gasteiger partial charge < -0.3 is 5.32 Å². The van der Waals surface area contributed by atoms with Crippen LogP contribution in [0.4, 0.5) is 0 Å². The topological polar surface area (TPSA) is 15.3 Å². The summed E-state index contributed by atoms with van der Waals surface area (Å²) in [4.78, 5) is 2.61. The first kappa shape index (κ1) is 15.1. The average molecular weight is 286 g/mol. The van der Waals surface area contributed by atoms with Crippen molar-refractivity contribution in [3.63, 3.8) is 0 Å². The van der Waals surface area contributed by atoms with Crippen molar-refractivity contribution in [1.29, 1.82) is 0 Å². The summed E-state index contributed by atoms with van der Waals surface area (Å²) in [6, 6.07) is 12.2. The summed E-state index contributed by atoms with van der Waals surface area (Å²) < 4.78 is 0. The Hall–Kier alpha value is -0.860. The first-order valence-corrected chi connectivity index (χ1v) is 8.43. The van der Waals surface area contributed by atoms with Crippen LogP contribution in [0.5, 0.6) is 0 Å². The number of rotatable bonds is 4. The van der Waals surface area contributed by atoms with Gasteiger partial charge >= 0.3 is 0 Å². The lowest BCUT2D eigenvalue weighted by Crippen LogP contribution is -2.47. The molecule has 1 atom stereocenters. The summed E-state index contributed by atoms with van der Waals surface area (Å²) in [7, 11) is 0. The van der Waals surface area contributed by atoms with Crippen molar-refractivity contribution in [2.45, 2.75) is 59.2 Å². The SMILES string of the molecule is CC1(C)C(NC2CCCN(Cc3ccccc3)C2)C1(C)C. The summed E-state index contributed by atoms with van der Waals surface area (Å²) >= 11 is 0. The lowest BCUT2D eigenvalue weighted by molar-refractivity contribution is 0.179. The number of nitrogens with zero attached hydrogens (tertiary/aromatic N) is 1. The van der Waals surface area contributed by atoms with Crippen LogP contribution in [0.15, 0.2) is 30.3 Å². The molecule has 2 aliphatic rings. The highest BCUT2D eigenvalue weighted by Crippen LogP contribution is 2.62. The molecular formula is C19H30N2. The molecule has 1 unspecified atom stereocenters. The number of hydrogen-bond donors (Lipinski definition) is 1. The van der Waals surface area contributed by atoms with Crippen LogP contribution < -0.4 is 5.32 Å². The fourth-order valence-corrected chi connectivity index (χ4v) is 4.03. The van der Waals surface area contributed by atoms with Gasteiger partial charge in [-0.3, -0.25) is 4.90 Å². The maximum atomic E-state index is 3.95. The molecule has 0 amide bonds. The summed E-state index contributed by atoms with van der Waals surface area (Å²) in [5.41, 5.74) is 2.31. The molecule has 116 valence electrons. The van der Waals surface area contributed by atoms with Crippen LogP contribution in [0.3, 0.4) is 0 Å². The van der Waals surface area contributed by atoms with Crippen LogP contribution >= 0.6 is 0 Å². The molecule has 1 saturated carbocycles. The third kappa shape index (κ3) is 2.89. The summed E-state index contributed by atoms with van der Waals surface area (Å²) in [5.74, 6) is 0. The van der Waals surface area contributed by atoms with Gasteiger partial charge in [-0.05, 0) is 35.8 Å². The van der Waals surface area contributed by atoms with Gasteiger partial charge in [0.1, 0.15) is 0 Å². The molecular weight excluding hydrogens is 256 g/mol. The van der Waals surface area contributed by atoms with E-state index in [0.717, 1.165) is 6.54 Å². The Labute approximate surface area is 129 Å². The van der Waals surface area contributed by atoms with E-state index < -0.39 is 0 Å². The predicted octanol–water partition coefficient (Wildman–Crippen LogP) is 3.68. The zero-order valence-electron chi connectivity index (χ0n) is 14.0. The van der Waals surface area contributed by atoms with E-state index >= 15 is 0 Å². The van der Waals surface area contributed by atoms with Crippen molar-refractivity contribution >= 4 is 0 Å². The lowest BCUT2D eigenvalue weighted by atomic mass is 10.0. The highest BCUT2D eigenvalue weighted by atomic mass is 15.2. The Morgan fingerprint density at radius 3 is 2.38 bits per heavy atom. The Morgan fingerprint density at radius 1 is 1.10 bits per heavy atom. The minimum absolute atomic E-state index is 0.439. The zero-order chi connectivity index (χ0) is 15.1. The van der Waals surface area contributed by atoms with Gasteiger partial charge in [-0.15, -0.1) is 0 Å². The van der Waals surface area contributed by atoms with Crippen LogP contribution in [0.2, 0.25) is 0 Å². The Kier molecular flexibility index (Phi) is 3.87. The van der Waals surface area contributed by atoms with Gasteiger partial charge in [-0.1, -0.05) is 58.0 Å². The van der Waals surface area contributed by atoms with Gasteiger partial charge in [-0.25, -0.2) is 0 Å². The second kappa shape index (κ2) is 5.40. The van der Waals surface area contributed by atoms with E-state index in [1.54, 1.807) is 0 Å². The van der Waals surface area contributed by atoms with Gasteiger partial charge in [0.25, 0.3) is 0 Å². The van der Waals surface area contributed by atoms with Crippen molar-refractivity contribution in [2.75, 3.05) is 13.1 Å². The molecule has 1 aromatic rings. The molecule has 2 fully saturated rings. The average Bonchev–Trinajstić information content (AvgIpc) is 2.83. The number of nitrogens with one attached hydrogen (secondary N) is 1. The molecule has 1 aliphatic heterocycles. The van der Waals surface area contributed by atoms with Crippen molar-refractivity contribution in [3.05, 3.63) is 35.9 Å².